The van der Waals surface area contributed by atoms with Gasteiger partial charge in [-0.05, 0) is 78.2 Å². The van der Waals surface area contributed by atoms with Crippen LogP contribution in [0, 0.1) is 0 Å². The number of phenolic OH excluding ortho intramolecular Hbond substituents is 2. The molecule has 0 aliphatic rings. The summed E-state index contributed by atoms with van der Waals surface area (Å²) < 4.78 is 141. The van der Waals surface area contributed by atoms with Crippen LogP contribution < -0.4 is 15.6 Å². The van der Waals surface area contributed by atoms with Gasteiger partial charge in [0.15, 0.2) is 17.1 Å². The number of H-pyrrole nitrogens is 1. The number of nitrogens with zero attached hydrogens (tertiary/aromatic N) is 7. The number of amides is 1. The van der Waals surface area contributed by atoms with E-state index in [1.165, 1.54) is 12.1 Å². The van der Waals surface area contributed by atoms with Crippen LogP contribution in [0.4, 0.5) is 39.8 Å². The Bertz CT molecular complexity index is 4060. The number of hydrogen-bond donors (Lipinski definition) is 9. The molecule has 0 spiro atoms. The highest BCUT2D eigenvalue weighted by molar-refractivity contribution is 7.86. The predicted octanol–water partition coefficient (Wildman–Crippen LogP) is 6.78. The third-order valence-electron chi connectivity index (χ3n) is 9.76. The number of anilines is 1. The Morgan fingerprint density at radius 3 is 1.85 bits per heavy atom. The molecular formula is C39H29N9O19S4. The monoisotopic (exact) mass is 1060 g/mol. The molecule has 32 heteroatoms. The number of aromatic carboxylic acids is 1. The molecule has 1 amide bonds. The number of nitrogens with one attached hydrogen (secondary N) is 2. The van der Waals surface area contributed by atoms with Crippen molar-refractivity contribution in [1.29, 1.82) is 0 Å². The molecule has 0 unspecified atom stereocenters. The predicted molar refractivity (Wildman–Crippen MR) is 244 cm³/mol. The molecule has 0 fully saturated rings. The first kappa shape index (κ1) is 50.5. The van der Waals surface area contributed by atoms with Crippen molar-refractivity contribution >= 4 is 114 Å². The molecule has 7 aromatic rings. The van der Waals surface area contributed by atoms with E-state index in [4.69, 9.17) is 4.74 Å². The summed E-state index contributed by atoms with van der Waals surface area (Å²) in [6, 6.07) is 13.7. The van der Waals surface area contributed by atoms with Gasteiger partial charge >= 0.3 is 5.97 Å². The van der Waals surface area contributed by atoms with Gasteiger partial charge in [0.2, 0.25) is 5.91 Å². The average Bonchev–Trinajstić information content (AvgIpc) is 3.61. The van der Waals surface area contributed by atoms with Crippen molar-refractivity contribution in [1.82, 2.24) is 9.78 Å². The van der Waals surface area contributed by atoms with Crippen LogP contribution >= 0.6 is 0 Å². The van der Waals surface area contributed by atoms with Crippen LogP contribution in [0.1, 0.15) is 17.4 Å². The fraction of sp³-hybridized carbons (Fsp3) is 0.0513. The number of carbonyl (C=O) groups is 2. The molecule has 6 aromatic carbocycles. The van der Waals surface area contributed by atoms with Gasteiger partial charge in [-0.15, -0.1) is 25.6 Å². The van der Waals surface area contributed by atoms with E-state index >= 15 is 0 Å². The Balaban J connectivity index is 1.27. The number of aromatic hydroxyl groups is 2. The summed E-state index contributed by atoms with van der Waals surface area (Å²) in [5.41, 5.74) is -4.57. The fourth-order valence-corrected chi connectivity index (χ4v) is 9.00. The summed E-state index contributed by atoms with van der Waals surface area (Å²) in [5.74, 6) is -4.33. The second kappa shape index (κ2) is 18.5. The Labute approximate surface area is 396 Å². The lowest BCUT2D eigenvalue weighted by Crippen LogP contribution is -2.14. The largest absolute Gasteiger partial charge is 0.507 e. The van der Waals surface area contributed by atoms with Crippen LogP contribution in [0.2, 0.25) is 0 Å². The average molecular weight is 1060 g/mol. The zero-order valence-electron chi connectivity index (χ0n) is 35.4. The number of phenols is 2. The quantitative estimate of drug-likeness (QED) is 0.0400. The van der Waals surface area contributed by atoms with Crippen molar-refractivity contribution in [2.24, 2.45) is 30.7 Å². The van der Waals surface area contributed by atoms with E-state index in [1.54, 1.807) is 0 Å². The van der Waals surface area contributed by atoms with Crippen molar-refractivity contribution in [3.8, 4) is 22.9 Å². The second-order valence-electron chi connectivity index (χ2n) is 14.4. The molecule has 0 bridgehead atoms. The SMILES string of the molecule is COc1cc(N=Nc2ccc(S(=O)(=O)O)c3cc(S(=O)(=O)O)cc(O)c23)c(NC(C)=O)cc1N=Nc1c(S(=O)(=O)O)cc2cc(N=Nc3c(C(=O)O)[nH]n(-c4ccc(S(=O)(=O)O)cc4)c3=O)ccc2c1O. The number of aromatic amines is 1. The van der Waals surface area contributed by atoms with Crippen molar-refractivity contribution in [3.63, 3.8) is 0 Å². The molecular weight excluding hydrogens is 1030 g/mol. The minimum absolute atomic E-state index is 0.0591. The van der Waals surface area contributed by atoms with Crippen molar-refractivity contribution in [2.75, 3.05) is 12.4 Å². The lowest BCUT2D eigenvalue weighted by Gasteiger charge is -2.12. The van der Waals surface area contributed by atoms with Gasteiger partial charge in [0.1, 0.15) is 38.4 Å². The molecule has 0 radical (unpaired) electrons. The number of fused-ring (bicyclic) bond motifs is 2. The minimum Gasteiger partial charge on any atom is -0.507 e. The zero-order chi connectivity index (χ0) is 52.1. The van der Waals surface area contributed by atoms with Crippen molar-refractivity contribution < 1.29 is 81.5 Å². The van der Waals surface area contributed by atoms with E-state index in [9.17, 15) is 81.6 Å². The first-order valence-corrected chi connectivity index (χ1v) is 24.8. The first-order valence-electron chi connectivity index (χ1n) is 19.0. The highest BCUT2D eigenvalue weighted by Crippen LogP contribution is 2.46. The minimum atomic E-state index is -5.25. The number of hydrogen-bond acceptors (Lipinski definition) is 20. The van der Waals surface area contributed by atoms with Gasteiger partial charge in [-0.25, -0.2) is 9.48 Å². The highest BCUT2D eigenvalue weighted by Gasteiger charge is 2.26. The molecule has 0 atom stereocenters. The molecule has 71 heavy (non-hydrogen) atoms. The molecule has 1 heterocycles. The van der Waals surface area contributed by atoms with E-state index in [-0.39, 0.29) is 50.6 Å². The van der Waals surface area contributed by atoms with E-state index in [0.29, 0.717) is 16.8 Å². The summed E-state index contributed by atoms with van der Waals surface area (Å²) in [5, 5.41) is 58.9. The number of carboxylic acid groups (broad SMARTS) is 1. The van der Waals surface area contributed by atoms with Gasteiger partial charge in [-0.1, -0.05) is 0 Å². The highest BCUT2D eigenvalue weighted by atomic mass is 32.2. The number of rotatable bonds is 14. The Morgan fingerprint density at radius 1 is 0.634 bits per heavy atom. The van der Waals surface area contributed by atoms with Gasteiger partial charge < -0.3 is 25.4 Å². The van der Waals surface area contributed by atoms with Gasteiger partial charge in [0.25, 0.3) is 46.0 Å². The number of benzene rings is 6. The topological polar surface area (TPSA) is 446 Å². The van der Waals surface area contributed by atoms with Gasteiger partial charge in [-0.3, -0.25) is 32.9 Å². The van der Waals surface area contributed by atoms with E-state index in [2.05, 4.69) is 41.1 Å². The first-order chi connectivity index (χ1) is 33.1. The Morgan fingerprint density at radius 2 is 1.25 bits per heavy atom. The van der Waals surface area contributed by atoms with E-state index in [1.807, 2.05) is 0 Å². The molecule has 9 N–H and O–H groups in total. The lowest BCUT2D eigenvalue weighted by atomic mass is 10.1. The maximum absolute atomic E-state index is 13.2. The molecule has 368 valence electrons. The third-order valence-corrected chi connectivity index (χ3v) is 13.2. The number of azo groups is 3. The summed E-state index contributed by atoms with van der Waals surface area (Å²) in [4.78, 5) is 34.2. The van der Waals surface area contributed by atoms with Gasteiger partial charge in [0, 0.05) is 29.8 Å². The second-order valence-corrected chi connectivity index (χ2v) is 20.0. The third kappa shape index (κ3) is 10.5. The zero-order valence-corrected chi connectivity index (χ0v) is 38.6. The van der Waals surface area contributed by atoms with Gasteiger partial charge in [0.05, 0.1) is 45.0 Å². The number of aromatic nitrogens is 2. The summed E-state index contributed by atoms with van der Waals surface area (Å²) in [7, 11) is -18.8. The molecule has 0 saturated heterocycles. The van der Waals surface area contributed by atoms with Crippen LogP contribution in [0.25, 0.3) is 27.2 Å². The Kier molecular flexibility index (Phi) is 13.2. The van der Waals surface area contributed by atoms with Crippen LogP contribution in [0.3, 0.4) is 0 Å². The van der Waals surface area contributed by atoms with Crippen LogP contribution in [-0.2, 0) is 45.3 Å². The number of ether oxygens (including phenoxy) is 1. The maximum Gasteiger partial charge on any atom is 0.356 e. The van der Waals surface area contributed by atoms with E-state index < -0.39 is 117 Å². The number of carbonyl (C=O) groups excluding carboxylic acids is 1. The number of methoxy groups -OCH3 is 1. The maximum atomic E-state index is 13.2. The molecule has 1 aromatic heterocycles. The standard InChI is InChI=1S/C39H29N9O19S4/c1-17(49)40-26-15-28(30(67-2)16-27(26)43-42-25-9-10-31(70(61,62)63)24-13-22(69(58,59)60)14-29(50)33(24)25)44-45-34-32(71(64,65)66)12-18-11-19(3-8-23(18)37(34)51)41-46-35-36(39(53)54)47-48(38(35)52)20-4-6-21(7-5-20)68(55,56)57/h3-16,47,50-51H,1-2H3,(H,40,49)(H,53,54)(H,55,56,57)(H,58,59,60)(H,61,62,63)(H,64,65,66). The van der Waals surface area contributed by atoms with Gasteiger partial charge in [-0.2, -0.15) is 38.8 Å². The normalized spacial score (nSPS) is 12.7. The Hall–Kier alpha value is -8.37. The molecule has 0 aliphatic carbocycles. The summed E-state index contributed by atoms with van der Waals surface area (Å²) >= 11 is 0. The smallest absolute Gasteiger partial charge is 0.356 e. The molecule has 7 rings (SSSR count). The summed E-state index contributed by atoms with van der Waals surface area (Å²) in [6.07, 6.45) is 0. The van der Waals surface area contributed by atoms with Crippen LogP contribution in [0.5, 0.6) is 17.2 Å². The molecule has 0 saturated carbocycles. The molecule has 0 aliphatic heterocycles. The van der Waals surface area contributed by atoms with Crippen LogP contribution in [-0.4, -0.2) is 96.0 Å². The fourth-order valence-electron chi connectivity index (χ4n) is 6.65. The lowest BCUT2D eigenvalue weighted by molar-refractivity contribution is -0.114. The van der Waals surface area contributed by atoms with Crippen molar-refractivity contribution in [2.45, 2.75) is 26.5 Å². The number of carboxylic acids is 1. The van der Waals surface area contributed by atoms with Crippen molar-refractivity contribution in [3.05, 3.63) is 101 Å². The van der Waals surface area contributed by atoms with E-state index in [0.717, 1.165) is 74.7 Å². The van der Waals surface area contributed by atoms with Crippen LogP contribution in [0.15, 0.2) is 140 Å². The molecule has 28 nitrogen and oxygen atoms in total. The summed E-state index contributed by atoms with van der Waals surface area (Å²) in [6.45, 7) is 1.10.